The van der Waals surface area contributed by atoms with Crippen LogP contribution in [-0.4, -0.2) is 70.2 Å². The monoisotopic (exact) mass is 777 g/mol. The Bertz CT molecular complexity index is 1550. The number of aliphatic hydroxyl groups is 1. The van der Waals surface area contributed by atoms with Crippen molar-refractivity contribution >= 4 is 40.5 Å². The third kappa shape index (κ3) is 12.1. The topological polar surface area (TPSA) is 99.2 Å². The molecule has 48 heavy (non-hydrogen) atoms. The van der Waals surface area contributed by atoms with Gasteiger partial charge >= 0.3 is 6.09 Å². The maximum absolute atomic E-state index is 14.2. The Morgan fingerprint density at radius 1 is 0.896 bits per heavy atom. The average molecular weight is 778 g/mol. The van der Waals surface area contributed by atoms with Gasteiger partial charge in [-0.1, -0.05) is 26.0 Å². The average Bonchev–Trinajstić information content (AvgIpc) is 2.98. The second kappa shape index (κ2) is 17.7. The van der Waals surface area contributed by atoms with Crippen LogP contribution >= 0.6 is 22.6 Å². The molecule has 3 rings (SSSR count). The largest absolute Gasteiger partial charge is 0.444 e. The molecule has 3 aromatic rings. The minimum absolute atomic E-state index is 0.105. The lowest BCUT2D eigenvalue weighted by Gasteiger charge is -2.32. The number of nitrogens with one attached hydrogen (secondary N) is 1. The first kappa shape index (κ1) is 38.9. The van der Waals surface area contributed by atoms with Crippen molar-refractivity contribution in [2.45, 2.75) is 85.1 Å². The molecule has 0 bridgehead atoms. The lowest BCUT2D eigenvalue weighted by atomic mass is 9.99. The van der Waals surface area contributed by atoms with Crippen molar-refractivity contribution in [2.24, 2.45) is 0 Å². The molecule has 0 spiro atoms. The van der Waals surface area contributed by atoms with Gasteiger partial charge in [0, 0.05) is 40.4 Å². The number of halogens is 3. The number of amides is 3. The van der Waals surface area contributed by atoms with E-state index < -0.39 is 41.4 Å². The highest BCUT2D eigenvalue weighted by Gasteiger charge is 2.30. The summed E-state index contributed by atoms with van der Waals surface area (Å²) < 4.78 is 35.0. The Kier molecular flexibility index (Phi) is 14.3. The summed E-state index contributed by atoms with van der Waals surface area (Å²) >= 11 is 2.17. The van der Waals surface area contributed by atoms with Gasteiger partial charge in [-0.2, -0.15) is 0 Å². The zero-order valence-electron chi connectivity index (χ0n) is 28.5. The van der Waals surface area contributed by atoms with Gasteiger partial charge in [-0.15, -0.1) is 0 Å². The van der Waals surface area contributed by atoms with Crippen molar-refractivity contribution < 1.29 is 33.0 Å². The van der Waals surface area contributed by atoms with Gasteiger partial charge in [0.15, 0.2) is 0 Å². The lowest BCUT2D eigenvalue weighted by molar-refractivity contribution is 0.00837. The fourth-order valence-corrected chi connectivity index (χ4v) is 5.94. The summed E-state index contributed by atoms with van der Waals surface area (Å²) in [7, 11) is 0. The summed E-state index contributed by atoms with van der Waals surface area (Å²) in [6.45, 7) is 12.0. The molecular weight excluding hydrogens is 731 g/mol. The zero-order chi connectivity index (χ0) is 35.6. The fraction of sp³-hybridized carbons (Fsp3) is 0.432. The first-order valence-corrected chi connectivity index (χ1v) is 17.2. The van der Waals surface area contributed by atoms with Gasteiger partial charge < -0.3 is 25.0 Å². The van der Waals surface area contributed by atoms with E-state index in [9.17, 15) is 28.3 Å². The molecule has 0 aromatic heterocycles. The maximum Gasteiger partial charge on any atom is 0.410 e. The second-order valence-corrected chi connectivity index (χ2v) is 14.2. The van der Waals surface area contributed by atoms with E-state index in [4.69, 9.17) is 4.74 Å². The summed E-state index contributed by atoms with van der Waals surface area (Å²) in [5, 5.41) is 14.4. The van der Waals surface area contributed by atoms with Crippen molar-refractivity contribution in [1.82, 2.24) is 15.1 Å². The molecule has 0 radical (unpaired) electrons. The maximum atomic E-state index is 14.2. The summed E-state index contributed by atoms with van der Waals surface area (Å²) in [5.41, 5.74) is 1.43. The molecule has 8 nitrogen and oxygen atoms in total. The lowest BCUT2D eigenvalue weighted by Crippen LogP contribution is -2.51. The molecule has 0 aliphatic carbocycles. The number of benzene rings is 3. The molecule has 0 aliphatic heterocycles. The Labute approximate surface area is 296 Å². The Morgan fingerprint density at radius 3 is 2.10 bits per heavy atom. The van der Waals surface area contributed by atoms with Crippen LogP contribution in [-0.2, 0) is 17.7 Å². The van der Waals surface area contributed by atoms with Crippen LogP contribution in [0.15, 0.2) is 60.7 Å². The molecule has 0 heterocycles. The number of hydrogen-bond acceptors (Lipinski definition) is 5. The van der Waals surface area contributed by atoms with Gasteiger partial charge in [0.1, 0.15) is 17.2 Å². The highest BCUT2D eigenvalue weighted by atomic mass is 127. The first-order valence-electron chi connectivity index (χ1n) is 16.2. The highest BCUT2D eigenvalue weighted by Crippen LogP contribution is 2.19. The van der Waals surface area contributed by atoms with E-state index in [0.29, 0.717) is 24.2 Å². The predicted molar refractivity (Wildman–Crippen MR) is 191 cm³/mol. The highest BCUT2D eigenvalue weighted by molar-refractivity contribution is 14.1. The molecule has 260 valence electrons. The number of carbonyl (C=O) groups is 3. The van der Waals surface area contributed by atoms with E-state index in [1.165, 1.54) is 11.0 Å². The van der Waals surface area contributed by atoms with Crippen LogP contribution in [0.1, 0.15) is 84.9 Å². The molecule has 0 saturated heterocycles. The van der Waals surface area contributed by atoms with E-state index >= 15 is 0 Å². The normalized spacial score (nSPS) is 12.6. The van der Waals surface area contributed by atoms with E-state index in [2.05, 4.69) is 27.9 Å². The summed E-state index contributed by atoms with van der Waals surface area (Å²) in [6, 6.07) is 14.3. The molecule has 2 atom stereocenters. The van der Waals surface area contributed by atoms with Gasteiger partial charge in [0.25, 0.3) is 11.8 Å². The fourth-order valence-electron chi connectivity index (χ4n) is 5.33. The predicted octanol–water partition coefficient (Wildman–Crippen LogP) is 7.28. The van der Waals surface area contributed by atoms with Crippen molar-refractivity contribution in [3.05, 3.63) is 104 Å². The number of aliphatic hydroxyl groups excluding tert-OH is 1. The first-order chi connectivity index (χ1) is 22.6. The third-order valence-corrected chi connectivity index (χ3v) is 8.01. The van der Waals surface area contributed by atoms with Crippen LogP contribution in [0, 0.1) is 22.1 Å². The van der Waals surface area contributed by atoms with Gasteiger partial charge in [-0.05, 0) is 129 Å². The number of nitrogens with zero attached hydrogens (tertiary/aromatic N) is 2. The van der Waals surface area contributed by atoms with Gasteiger partial charge in [0.2, 0.25) is 0 Å². The number of rotatable bonds is 14. The molecule has 11 heteroatoms. The van der Waals surface area contributed by atoms with Crippen molar-refractivity contribution in [2.75, 3.05) is 19.6 Å². The Hall–Kier alpha value is -3.58. The Balaban J connectivity index is 1.96. The van der Waals surface area contributed by atoms with E-state index in [0.717, 1.165) is 40.2 Å². The molecule has 0 fully saturated rings. The number of hydrogen-bond donors (Lipinski definition) is 2. The van der Waals surface area contributed by atoms with Crippen molar-refractivity contribution in [3.63, 3.8) is 0 Å². The molecule has 0 aliphatic rings. The molecule has 3 aromatic carbocycles. The van der Waals surface area contributed by atoms with Crippen molar-refractivity contribution in [1.29, 1.82) is 0 Å². The minimum Gasteiger partial charge on any atom is -0.444 e. The van der Waals surface area contributed by atoms with Crippen LogP contribution in [0.2, 0.25) is 0 Å². The summed E-state index contributed by atoms with van der Waals surface area (Å²) in [5.74, 6) is -2.38. The summed E-state index contributed by atoms with van der Waals surface area (Å²) in [4.78, 5) is 43.6. The molecule has 2 N–H and O–H groups in total. The zero-order valence-corrected chi connectivity index (χ0v) is 30.6. The SMILES string of the molecule is CCCN(CCC)C(=O)c1cc(C)cc(C(=O)NC(Cc2cc(F)cc(F)c2)[C@H](O)CN(Cc2cccc(I)c2)C(=O)OC(C)(C)C)c1. The molecule has 0 saturated carbocycles. The van der Waals surface area contributed by atoms with E-state index in [1.807, 2.05) is 38.1 Å². The van der Waals surface area contributed by atoms with Gasteiger partial charge in [-0.3, -0.25) is 9.59 Å². The van der Waals surface area contributed by atoms with Gasteiger partial charge in [0.05, 0.1) is 18.7 Å². The quantitative estimate of drug-likeness (QED) is 0.168. The number of ether oxygens (including phenoxy) is 1. The van der Waals surface area contributed by atoms with Crippen LogP contribution in [0.3, 0.4) is 0 Å². The molecular formula is C37H46F2IN3O5. The summed E-state index contributed by atoms with van der Waals surface area (Å²) in [6.07, 6.45) is -0.631. The van der Waals surface area contributed by atoms with Crippen LogP contribution in [0.5, 0.6) is 0 Å². The smallest absolute Gasteiger partial charge is 0.410 e. The van der Waals surface area contributed by atoms with Crippen molar-refractivity contribution in [3.8, 4) is 0 Å². The third-order valence-electron chi connectivity index (χ3n) is 7.34. The minimum atomic E-state index is -1.38. The van der Waals surface area contributed by atoms with E-state index in [1.54, 1.807) is 44.7 Å². The number of carbonyl (C=O) groups excluding carboxylic acids is 3. The van der Waals surface area contributed by atoms with E-state index in [-0.39, 0.29) is 36.5 Å². The van der Waals surface area contributed by atoms with Crippen LogP contribution in [0.4, 0.5) is 13.6 Å². The molecule has 1 unspecified atom stereocenters. The molecule has 3 amide bonds. The second-order valence-electron chi connectivity index (χ2n) is 13.0. The number of aryl methyl sites for hydroxylation is 1. The Morgan fingerprint density at radius 2 is 1.52 bits per heavy atom. The van der Waals surface area contributed by atoms with Crippen LogP contribution in [0.25, 0.3) is 0 Å². The standard InChI is InChI=1S/C37H46F2IN3O5/c1-7-12-42(13-8-2)35(46)28-15-24(3)14-27(20-28)34(45)41-32(19-26-16-29(38)21-30(39)17-26)33(44)23-43(36(47)48-37(4,5)6)22-25-10-9-11-31(40)18-25/h9-11,14-18,20-21,32-33,44H,7-8,12-13,19,22-23H2,1-6H3,(H,41,45)/t32?,33-/m1/s1. The van der Waals surface area contributed by atoms with Crippen LogP contribution < -0.4 is 5.32 Å². The van der Waals surface area contributed by atoms with Gasteiger partial charge in [-0.25, -0.2) is 13.6 Å².